The number of aliphatic carboxylic acids is 1. The predicted molar refractivity (Wildman–Crippen MR) is 78.6 cm³/mol. The van der Waals surface area contributed by atoms with E-state index in [0.29, 0.717) is 5.75 Å². The summed E-state index contributed by atoms with van der Waals surface area (Å²) in [6, 6.07) is 7.55. The van der Waals surface area contributed by atoms with Crippen LogP contribution >= 0.6 is 11.8 Å². The zero-order chi connectivity index (χ0) is 14.5. The van der Waals surface area contributed by atoms with Crippen LogP contribution in [0.2, 0.25) is 0 Å². The van der Waals surface area contributed by atoms with Crippen LogP contribution in [0.5, 0.6) is 0 Å². The second-order valence-electron chi connectivity index (χ2n) is 5.10. The Labute approximate surface area is 117 Å². The van der Waals surface area contributed by atoms with Crippen molar-refractivity contribution >= 4 is 29.3 Å². The van der Waals surface area contributed by atoms with E-state index < -0.39 is 11.4 Å². The maximum absolute atomic E-state index is 11.7. The molecule has 1 aromatic rings. The Morgan fingerprint density at radius 1 is 1.26 bits per heavy atom. The Hall–Kier alpha value is -1.49. The van der Waals surface area contributed by atoms with Crippen molar-refractivity contribution in [2.45, 2.75) is 20.8 Å². The number of amides is 1. The summed E-state index contributed by atoms with van der Waals surface area (Å²) in [5.74, 6) is -0.303. The summed E-state index contributed by atoms with van der Waals surface area (Å²) in [6.07, 6.45) is 0. The average molecular weight is 281 g/mol. The quantitative estimate of drug-likeness (QED) is 0.841. The van der Waals surface area contributed by atoms with Crippen molar-refractivity contribution in [1.82, 2.24) is 0 Å². The normalized spacial score (nSPS) is 11.1. The van der Waals surface area contributed by atoms with Gasteiger partial charge in [0.25, 0.3) is 0 Å². The number of carboxylic acid groups (broad SMARTS) is 1. The molecule has 1 rings (SSSR count). The second-order valence-corrected chi connectivity index (χ2v) is 6.08. The minimum atomic E-state index is -0.848. The van der Waals surface area contributed by atoms with Crippen LogP contribution in [0.1, 0.15) is 19.4 Å². The van der Waals surface area contributed by atoms with Gasteiger partial charge in [0.15, 0.2) is 0 Å². The van der Waals surface area contributed by atoms with Crippen LogP contribution in [0.3, 0.4) is 0 Å². The summed E-state index contributed by atoms with van der Waals surface area (Å²) in [6.45, 7) is 5.29. The topological polar surface area (TPSA) is 66.4 Å². The molecular weight excluding hydrogens is 262 g/mol. The van der Waals surface area contributed by atoms with Crippen molar-refractivity contribution in [2.75, 3.05) is 16.8 Å². The molecule has 2 N–H and O–H groups in total. The number of hydrogen-bond acceptors (Lipinski definition) is 3. The number of thioether (sulfide) groups is 1. The molecule has 0 aliphatic heterocycles. The lowest BCUT2D eigenvalue weighted by Crippen LogP contribution is -2.27. The number of rotatable bonds is 6. The summed E-state index contributed by atoms with van der Waals surface area (Å²) in [4.78, 5) is 22.6. The molecule has 0 atom stereocenters. The van der Waals surface area contributed by atoms with Crippen LogP contribution in [0.4, 0.5) is 5.69 Å². The van der Waals surface area contributed by atoms with E-state index in [2.05, 4.69) is 5.32 Å². The molecule has 1 aromatic carbocycles. The fourth-order valence-corrected chi connectivity index (χ4v) is 2.29. The second kappa shape index (κ2) is 6.61. The molecule has 19 heavy (non-hydrogen) atoms. The molecule has 0 radical (unpaired) electrons. The lowest BCUT2D eigenvalue weighted by molar-refractivity contribution is -0.145. The van der Waals surface area contributed by atoms with E-state index in [-0.39, 0.29) is 11.7 Å². The SMILES string of the molecule is Cc1ccc(NC(=O)CSCC(C)(C)C(=O)O)cc1. The molecule has 104 valence electrons. The number of hydrogen-bond donors (Lipinski definition) is 2. The number of aryl methyl sites for hydroxylation is 1. The maximum Gasteiger partial charge on any atom is 0.309 e. The smallest absolute Gasteiger partial charge is 0.309 e. The standard InChI is InChI=1S/C14H19NO3S/c1-10-4-6-11(7-5-10)15-12(16)8-19-9-14(2,3)13(17)18/h4-7H,8-9H2,1-3H3,(H,15,16)(H,17,18). The molecule has 0 fully saturated rings. The molecule has 0 aliphatic carbocycles. The lowest BCUT2D eigenvalue weighted by atomic mass is 9.97. The van der Waals surface area contributed by atoms with Crippen LogP contribution in [0.15, 0.2) is 24.3 Å². The lowest BCUT2D eigenvalue weighted by Gasteiger charge is -2.17. The van der Waals surface area contributed by atoms with Gasteiger partial charge in [-0.2, -0.15) is 11.8 Å². The van der Waals surface area contributed by atoms with E-state index in [0.717, 1.165) is 11.3 Å². The number of carbonyl (C=O) groups excluding carboxylic acids is 1. The first-order valence-electron chi connectivity index (χ1n) is 5.99. The molecule has 0 aliphatic rings. The van der Waals surface area contributed by atoms with Gasteiger partial charge in [-0.25, -0.2) is 0 Å². The predicted octanol–water partition coefficient (Wildman–Crippen LogP) is 2.78. The Morgan fingerprint density at radius 2 is 1.84 bits per heavy atom. The van der Waals surface area contributed by atoms with Gasteiger partial charge < -0.3 is 10.4 Å². The maximum atomic E-state index is 11.7. The Balaban J connectivity index is 2.36. The average Bonchev–Trinajstić information content (AvgIpc) is 2.31. The van der Waals surface area contributed by atoms with Crippen molar-refractivity contribution in [3.8, 4) is 0 Å². The number of carbonyl (C=O) groups is 2. The Kier molecular flexibility index (Phi) is 5.42. The summed E-state index contributed by atoms with van der Waals surface area (Å²) < 4.78 is 0. The van der Waals surface area contributed by atoms with Crippen LogP contribution < -0.4 is 5.32 Å². The highest BCUT2D eigenvalue weighted by molar-refractivity contribution is 8.00. The molecule has 0 heterocycles. The fourth-order valence-electron chi connectivity index (χ4n) is 1.29. The van der Waals surface area contributed by atoms with Gasteiger partial charge in [0.1, 0.15) is 0 Å². The first-order valence-corrected chi connectivity index (χ1v) is 7.14. The van der Waals surface area contributed by atoms with E-state index in [9.17, 15) is 9.59 Å². The highest BCUT2D eigenvalue weighted by Crippen LogP contribution is 2.22. The van der Waals surface area contributed by atoms with Crippen molar-refractivity contribution in [2.24, 2.45) is 5.41 Å². The number of benzene rings is 1. The fraction of sp³-hybridized carbons (Fsp3) is 0.429. The van der Waals surface area contributed by atoms with Crippen molar-refractivity contribution in [3.63, 3.8) is 0 Å². The van der Waals surface area contributed by atoms with Gasteiger partial charge in [0.2, 0.25) is 5.91 Å². The van der Waals surface area contributed by atoms with Gasteiger partial charge in [-0.3, -0.25) is 9.59 Å². The van der Waals surface area contributed by atoms with E-state index in [1.807, 2.05) is 31.2 Å². The molecular formula is C14H19NO3S. The van der Waals surface area contributed by atoms with Gasteiger partial charge >= 0.3 is 5.97 Å². The Bertz CT molecular complexity index is 454. The van der Waals surface area contributed by atoms with Gasteiger partial charge in [-0.15, -0.1) is 0 Å². The molecule has 0 bridgehead atoms. The highest BCUT2D eigenvalue weighted by Gasteiger charge is 2.27. The summed E-state index contributed by atoms with van der Waals surface area (Å²) >= 11 is 1.33. The number of carboxylic acids is 1. The van der Waals surface area contributed by atoms with Crippen LogP contribution in [0.25, 0.3) is 0 Å². The minimum absolute atomic E-state index is 0.116. The van der Waals surface area contributed by atoms with Gasteiger partial charge in [0, 0.05) is 11.4 Å². The third-order valence-corrected chi connectivity index (χ3v) is 4.00. The monoisotopic (exact) mass is 281 g/mol. The number of nitrogens with one attached hydrogen (secondary N) is 1. The van der Waals surface area contributed by atoms with E-state index in [1.54, 1.807) is 13.8 Å². The van der Waals surface area contributed by atoms with Crippen LogP contribution in [-0.4, -0.2) is 28.5 Å². The van der Waals surface area contributed by atoms with Crippen molar-refractivity contribution in [1.29, 1.82) is 0 Å². The first kappa shape index (κ1) is 15.6. The number of anilines is 1. The molecule has 0 spiro atoms. The van der Waals surface area contributed by atoms with Gasteiger partial charge in [-0.05, 0) is 32.9 Å². The third-order valence-electron chi connectivity index (χ3n) is 2.61. The molecule has 5 heteroatoms. The zero-order valence-electron chi connectivity index (χ0n) is 11.4. The largest absolute Gasteiger partial charge is 0.481 e. The molecule has 0 unspecified atom stereocenters. The van der Waals surface area contributed by atoms with Crippen LogP contribution in [0, 0.1) is 12.3 Å². The van der Waals surface area contributed by atoms with E-state index in [4.69, 9.17) is 5.11 Å². The van der Waals surface area contributed by atoms with Crippen molar-refractivity contribution < 1.29 is 14.7 Å². The van der Waals surface area contributed by atoms with Crippen LogP contribution in [-0.2, 0) is 9.59 Å². The minimum Gasteiger partial charge on any atom is -0.481 e. The van der Waals surface area contributed by atoms with E-state index >= 15 is 0 Å². The van der Waals surface area contributed by atoms with Gasteiger partial charge in [0.05, 0.1) is 11.2 Å². The third kappa shape index (κ3) is 5.34. The van der Waals surface area contributed by atoms with Gasteiger partial charge in [-0.1, -0.05) is 17.7 Å². The summed E-state index contributed by atoms with van der Waals surface area (Å²) in [5.41, 5.74) is 1.08. The molecule has 0 saturated carbocycles. The molecule has 0 saturated heterocycles. The van der Waals surface area contributed by atoms with E-state index in [1.165, 1.54) is 11.8 Å². The zero-order valence-corrected chi connectivity index (χ0v) is 12.2. The highest BCUT2D eigenvalue weighted by atomic mass is 32.2. The van der Waals surface area contributed by atoms with Crippen molar-refractivity contribution in [3.05, 3.63) is 29.8 Å². The summed E-state index contributed by atoms with van der Waals surface area (Å²) in [5, 5.41) is 11.7. The molecule has 0 aromatic heterocycles. The Morgan fingerprint density at radius 3 is 2.37 bits per heavy atom. The first-order chi connectivity index (χ1) is 8.81. The summed E-state index contributed by atoms with van der Waals surface area (Å²) in [7, 11) is 0. The molecule has 1 amide bonds. The molecule has 4 nitrogen and oxygen atoms in total.